The van der Waals surface area contributed by atoms with Crippen LogP contribution in [0.4, 0.5) is 0 Å². The maximum atomic E-state index is 7.80. The van der Waals surface area contributed by atoms with E-state index < -0.39 is 7.92 Å². The average molecular weight is 643 g/mol. The van der Waals surface area contributed by atoms with Crippen LogP contribution in [0.15, 0.2) is 97.1 Å². The molecule has 1 heterocycles. The number of imidazole rings is 1. The van der Waals surface area contributed by atoms with E-state index in [1.165, 1.54) is 32.9 Å². The quantitative estimate of drug-likeness (QED) is 0.112. The second kappa shape index (κ2) is 13.6. The first-order chi connectivity index (χ1) is 21.0. The Kier molecular flexibility index (Phi) is 10.1. The molecule has 2 nitrogen and oxygen atoms in total. The first kappa shape index (κ1) is 32.5. The molecular weight excluding hydrogens is 598 g/mol. The van der Waals surface area contributed by atoms with Crippen LogP contribution in [0.5, 0.6) is 0 Å². The van der Waals surface area contributed by atoms with E-state index in [0.29, 0.717) is 10.4 Å². The highest BCUT2D eigenvalue weighted by atomic mass is 35.5. The van der Waals surface area contributed by atoms with Crippen molar-refractivity contribution in [3.8, 4) is 11.4 Å². The monoisotopic (exact) mass is 641 g/mol. The zero-order chi connectivity index (χ0) is 31.7. The van der Waals surface area contributed by atoms with Gasteiger partial charge in [0.05, 0.1) is 0 Å². The van der Waals surface area contributed by atoms with Crippen molar-refractivity contribution in [3.63, 3.8) is 0 Å². The van der Waals surface area contributed by atoms with Crippen molar-refractivity contribution in [3.05, 3.63) is 130 Å². The summed E-state index contributed by atoms with van der Waals surface area (Å²) < 4.78 is 4.45. The van der Waals surface area contributed by atoms with Gasteiger partial charge in [-0.15, -0.1) is 0 Å². The molecule has 0 saturated heterocycles. The molecule has 0 amide bonds. The van der Waals surface area contributed by atoms with Crippen LogP contribution in [0.2, 0.25) is 10.4 Å². The van der Waals surface area contributed by atoms with E-state index in [4.69, 9.17) is 23.2 Å². The Hall–Kier alpha value is -2.90. The molecule has 1 aromatic heterocycles. The van der Waals surface area contributed by atoms with Crippen LogP contribution in [0.1, 0.15) is 101 Å². The third-order valence-corrected chi connectivity index (χ3v) is 11.6. The molecule has 0 bridgehead atoms. The second-order valence-corrected chi connectivity index (χ2v) is 15.6. The summed E-state index contributed by atoms with van der Waals surface area (Å²) in [5, 5.41) is 3.73. The lowest BCUT2D eigenvalue weighted by Crippen LogP contribution is -2.49. The summed E-state index contributed by atoms with van der Waals surface area (Å²) in [5.74, 6) is 1.15. The van der Waals surface area contributed by atoms with E-state index >= 15 is 0 Å². The Balaban J connectivity index is 2.03. The number of aromatic nitrogens is 2. The van der Waals surface area contributed by atoms with Gasteiger partial charge in [0, 0.05) is 41.8 Å². The Morgan fingerprint density at radius 3 is 1.30 bits per heavy atom. The summed E-state index contributed by atoms with van der Waals surface area (Å²) in [5.41, 5.74) is 8.26. The summed E-state index contributed by atoms with van der Waals surface area (Å²) in [6, 6.07) is 34.8. The number of hydrogen-bond donors (Lipinski definition) is 0. The van der Waals surface area contributed by atoms with Crippen molar-refractivity contribution < 1.29 is 4.57 Å². The number of rotatable bonds is 9. The molecule has 0 spiro atoms. The molecule has 228 valence electrons. The molecule has 0 radical (unpaired) electrons. The van der Waals surface area contributed by atoms with E-state index in [-0.39, 0.29) is 23.7 Å². The van der Waals surface area contributed by atoms with Crippen LogP contribution in [0.25, 0.3) is 11.4 Å². The van der Waals surface area contributed by atoms with E-state index in [9.17, 15) is 0 Å². The zero-order valence-electron chi connectivity index (χ0n) is 27.1. The molecule has 0 aliphatic rings. The maximum absolute atomic E-state index is 7.80. The first-order valence-corrected chi connectivity index (χ1v) is 17.8. The third kappa shape index (κ3) is 6.02. The molecule has 0 fully saturated rings. The number of halogens is 2. The van der Waals surface area contributed by atoms with E-state index in [1.807, 2.05) is 0 Å². The Morgan fingerprint density at radius 1 is 0.523 bits per heavy atom. The van der Waals surface area contributed by atoms with E-state index in [2.05, 4.69) is 162 Å². The number of benzene rings is 4. The first-order valence-electron chi connectivity index (χ1n) is 15.7. The van der Waals surface area contributed by atoms with Gasteiger partial charge < -0.3 is 0 Å². The second-order valence-electron chi connectivity index (χ2n) is 12.7. The average Bonchev–Trinajstić information content (AvgIpc) is 3.25. The van der Waals surface area contributed by atoms with Crippen molar-refractivity contribution in [2.45, 2.75) is 79.1 Å². The van der Waals surface area contributed by atoms with Crippen molar-refractivity contribution in [2.24, 2.45) is 0 Å². The van der Waals surface area contributed by atoms with Crippen LogP contribution in [-0.4, -0.2) is 4.57 Å². The van der Waals surface area contributed by atoms with Gasteiger partial charge in [-0.1, -0.05) is 152 Å². The fourth-order valence-electron chi connectivity index (χ4n) is 6.13. The van der Waals surface area contributed by atoms with Crippen LogP contribution < -0.4 is 20.6 Å². The van der Waals surface area contributed by atoms with Gasteiger partial charge >= 0.3 is 5.28 Å². The highest BCUT2D eigenvalue weighted by Gasteiger charge is 2.41. The number of hydrogen-bond acceptors (Lipinski definition) is 0. The molecule has 0 atom stereocenters. The summed E-state index contributed by atoms with van der Waals surface area (Å²) in [6.07, 6.45) is 0. The van der Waals surface area contributed by atoms with Crippen molar-refractivity contribution in [2.75, 3.05) is 0 Å². The molecule has 0 unspecified atom stereocenters. The summed E-state index contributed by atoms with van der Waals surface area (Å²) in [6.45, 7) is 18.0. The van der Waals surface area contributed by atoms with E-state index in [1.54, 1.807) is 0 Å². The predicted molar refractivity (Wildman–Crippen MR) is 192 cm³/mol. The lowest BCUT2D eigenvalue weighted by atomic mass is 9.92. The van der Waals surface area contributed by atoms with E-state index in [0.717, 1.165) is 16.8 Å². The minimum absolute atomic E-state index is 0.286. The van der Waals surface area contributed by atoms with Crippen LogP contribution in [0.3, 0.4) is 0 Å². The Bertz CT molecular complexity index is 1650. The zero-order valence-corrected chi connectivity index (χ0v) is 29.6. The third-order valence-electron chi connectivity index (χ3n) is 8.33. The van der Waals surface area contributed by atoms with Crippen molar-refractivity contribution >= 4 is 47.2 Å². The molecule has 0 N–H and O–H groups in total. The normalized spacial score (nSPS) is 12.0. The van der Waals surface area contributed by atoms with Gasteiger partial charge in [0.25, 0.3) is 0 Å². The number of para-hydroxylation sites is 2. The van der Waals surface area contributed by atoms with Crippen molar-refractivity contribution in [1.29, 1.82) is 0 Å². The van der Waals surface area contributed by atoms with Crippen LogP contribution >= 0.6 is 31.1 Å². The van der Waals surface area contributed by atoms with Crippen molar-refractivity contribution in [1.82, 2.24) is 4.57 Å². The minimum Gasteiger partial charge on any atom is -0.175 e. The Labute approximate surface area is 275 Å². The molecule has 5 aromatic rings. The summed E-state index contributed by atoms with van der Waals surface area (Å²) in [4.78, 5) is 0. The fourth-order valence-corrected chi connectivity index (χ4v) is 9.48. The predicted octanol–water partition coefficient (Wildman–Crippen LogP) is 10.3. The molecule has 4 aromatic carbocycles. The Morgan fingerprint density at radius 2 is 0.909 bits per heavy atom. The topological polar surface area (TPSA) is 8.81 Å². The standard InChI is InChI=1S/C39H44Cl2N2P/c1-25(2)31-21-15-22-32(26(3)4)35(31)42-37(40)38(44(29-17-11-9-12-18-29)30-19-13-10-14-20-30)43(39(42)41)36-33(27(5)6)23-16-24-34(36)28(7)8/h9-28H,1-8H3/q+1. The molecule has 44 heavy (non-hydrogen) atoms. The van der Waals surface area contributed by atoms with Gasteiger partial charge in [-0.25, -0.2) is 0 Å². The lowest BCUT2D eigenvalue weighted by Gasteiger charge is -2.21. The highest BCUT2D eigenvalue weighted by molar-refractivity contribution is 7.79. The van der Waals surface area contributed by atoms with Gasteiger partial charge in [0.1, 0.15) is 11.4 Å². The van der Waals surface area contributed by atoms with Gasteiger partial charge in [-0.05, 0) is 45.9 Å². The SMILES string of the molecule is CC(C)c1cccc(C(C)C)c1-n1c(Cl)c(P(c2ccccc2)c2ccccc2)[n+](-c2c(C(C)C)cccc2C(C)C)c1Cl. The van der Waals surface area contributed by atoms with Crippen LogP contribution in [-0.2, 0) is 0 Å². The lowest BCUT2D eigenvalue weighted by molar-refractivity contribution is -0.574. The number of nitrogens with zero attached hydrogens (tertiary/aromatic N) is 2. The molecular formula is C39H44Cl2N2P+. The highest BCUT2D eigenvalue weighted by Crippen LogP contribution is 2.41. The fraction of sp³-hybridized carbons (Fsp3) is 0.308. The van der Waals surface area contributed by atoms with Gasteiger partial charge in [-0.2, -0.15) is 9.13 Å². The molecule has 5 heteroatoms. The molecule has 5 rings (SSSR count). The molecule has 0 saturated carbocycles. The summed E-state index contributed by atoms with van der Waals surface area (Å²) in [7, 11) is -1.08. The van der Waals surface area contributed by atoms with Gasteiger partial charge in [-0.3, -0.25) is 0 Å². The molecule has 0 aliphatic heterocycles. The smallest absolute Gasteiger partial charge is 0.175 e. The molecule has 0 aliphatic carbocycles. The minimum atomic E-state index is -1.08. The largest absolute Gasteiger partial charge is 0.367 e. The van der Waals surface area contributed by atoms with Crippen LogP contribution in [0, 0.1) is 0 Å². The van der Waals surface area contributed by atoms with Gasteiger partial charge in [0.2, 0.25) is 10.6 Å². The summed E-state index contributed by atoms with van der Waals surface area (Å²) >= 11 is 15.6. The van der Waals surface area contributed by atoms with Gasteiger partial charge in [0.15, 0.2) is 0 Å². The maximum Gasteiger partial charge on any atom is 0.367 e.